The van der Waals surface area contributed by atoms with E-state index >= 15 is 0 Å². The zero-order chi connectivity index (χ0) is 19.0. The largest absolute Gasteiger partial charge is 0.481 e. The van der Waals surface area contributed by atoms with Gasteiger partial charge in [0.2, 0.25) is 0 Å². The summed E-state index contributed by atoms with van der Waals surface area (Å²) in [4.78, 5) is 29.4. The van der Waals surface area contributed by atoms with Gasteiger partial charge in [0, 0.05) is 39.6 Å². The minimum absolute atomic E-state index is 0.0894. The molecule has 0 aliphatic carbocycles. The van der Waals surface area contributed by atoms with E-state index in [0.717, 1.165) is 44.3 Å². The Labute approximate surface area is 154 Å². The first kappa shape index (κ1) is 16.9. The van der Waals surface area contributed by atoms with Crippen molar-refractivity contribution in [1.29, 1.82) is 0 Å². The van der Waals surface area contributed by atoms with Crippen molar-refractivity contribution in [2.45, 2.75) is 19.3 Å². The minimum Gasteiger partial charge on any atom is -0.481 e. The number of carboxylic acid groups (broad SMARTS) is 2. The number of nitrogens with one attached hydrogen (secondary N) is 2. The van der Waals surface area contributed by atoms with Crippen LogP contribution in [0.25, 0.3) is 21.8 Å². The standard InChI is InChI=1S/C21H18N2O4/c24-20(25)9-14-12-5-1-3-7-16(12)22-18(14)11-19-15(10-21(26)27)13-6-2-4-8-17(13)23-19/h1-8,22-23H,9-11H2,(H,24,25)(H,26,27). The normalized spacial score (nSPS) is 11.3. The lowest BCUT2D eigenvalue weighted by atomic mass is 10.0. The van der Waals surface area contributed by atoms with Crippen LogP contribution in [0, 0.1) is 0 Å². The number of benzene rings is 2. The Balaban J connectivity index is 1.84. The van der Waals surface area contributed by atoms with E-state index in [-0.39, 0.29) is 12.8 Å². The van der Waals surface area contributed by atoms with Crippen LogP contribution in [0.4, 0.5) is 0 Å². The van der Waals surface area contributed by atoms with E-state index in [4.69, 9.17) is 0 Å². The number of rotatable bonds is 6. The van der Waals surface area contributed by atoms with Crippen LogP contribution in [0.5, 0.6) is 0 Å². The molecule has 0 saturated heterocycles. The highest BCUT2D eigenvalue weighted by Crippen LogP contribution is 2.29. The van der Waals surface area contributed by atoms with Gasteiger partial charge in [0.25, 0.3) is 0 Å². The summed E-state index contributed by atoms with van der Waals surface area (Å²) in [5.41, 5.74) is 4.80. The number of hydrogen-bond acceptors (Lipinski definition) is 2. The highest BCUT2D eigenvalue weighted by atomic mass is 16.4. The van der Waals surface area contributed by atoms with Gasteiger partial charge in [0.1, 0.15) is 0 Å². The third-order valence-corrected chi connectivity index (χ3v) is 4.81. The number of aliphatic carboxylic acids is 2. The number of fused-ring (bicyclic) bond motifs is 2. The van der Waals surface area contributed by atoms with E-state index in [1.165, 1.54) is 0 Å². The minimum atomic E-state index is -0.900. The van der Waals surface area contributed by atoms with Gasteiger partial charge in [-0.25, -0.2) is 0 Å². The van der Waals surface area contributed by atoms with Gasteiger partial charge in [-0.2, -0.15) is 0 Å². The molecule has 0 amide bonds. The maximum absolute atomic E-state index is 11.4. The molecule has 0 fully saturated rings. The summed E-state index contributed by atoms with van der Waals surface area (Å²) in [6.07, 6.45) is 0.232. The predicted molar refractivity (Wildman–Crippen MR) is 102 cm³/mol. The number of aromatic nitrogens is 2. The van der Waals surface area contributed by atoms with Gasteiger partial charge in [0.15, 0.2) is 0 Å². The maximum Gasteiger partial charge on any atom is 0.307 e. The Kier molecular flexibility index (Phi) is 4.16. The van der Waals surface area contributed by atoms with E-state index in [2.05, 4.69) is 9.97 Å². The highest BCUT2D eigenvalue weighted by Gasteiger charge is 2.19. The van der Waals surface area contributed by atoms with Crippen LogP contribution in [0.3, 0.4) is 0 Å². The summed E-state index contributed by atoms with van der Waals surface area (Å²) >= 11 is 0. The summed E-state index contributed by atoms with van der Waals surface area (Å²) in [6.45, 7) is 0. The molecule has 0 aliphatic rings. The molecule has 27 heavy (non-hydrogen) atoms. The third kappa shape index (κ3) is 3.17. The molecule has 6 heteroatoms. The van der Waals surface area contributed by atoms with Crippen LogP contribution in [0.2, 0.25) is 0 Å². The second-order valence-corrected chi connectivity index (χ2v) is 6.57. The van der Waals surface area contributed by atoms with Gasteiger partial charge in [-0.1, -0.05) is 36.4 Å². The highest BCUT2D eigenvalue weighted by molar-refractivity contribution is 5.90. The smallest absolute Gasteiger partial charge is 0.307 e. The Morgan fingerprint density at radius 1 is 0.704 bits per heavy atom. The SMILES string of the molecule is O=C(O)Cc1c(Cc2[nH]c3ccccc3c2CC(=O)O)[nH]c2ccccc12. The molecule has 4 rings (SSSR count). The first-order valence-corrected chi connectivity index (χ1v) is 8.63. The topological polar surface area (TPSA) is 106 Å². The van der Waals surface area contributed by atoms with Gasteiger partial charge in [-0.05, 0) is 23.3 Å². The zero-order valence-electron chi connectivity index (χ0n) is 14.5. The van der Waals surface area contributed by atoms with Crippen molar-refractivity contribution in [3.05, 3.63) is 71.0 Å². The van der Waals surface area contributed by atoms with Gasteiger partial charge < -0.3 is 20.2 Å². The molecule has 2 aromatic carbocycles. The molecule has 2 heterocycles. The molecular weight excluding hydrogens is 344 g/mol. The lowest BCUT2D eigenvalue weighted by Crippen LogP contribution is -2.06. The Hall–Kier alpha value is -3.54. The quantitative estimate of drug-likeness (QED) is 0.421. The van der Waals surface area contributed by atoms with Crippen molar-refractivity contribution in [3.63, 3.8) is 0 Å². The van der Waals surface area contributed by atoms with Crippen LogP contribution in [0.1, 0.15) is 22.5 Å². The van der Waals surface area contributed by atoms with Crippen molar-refractivity contribution < 1.29 is 19.8 Å². The van der Waals surface area contributed by atoms with Crippen molar-refractivity contribution >= 4 is 33.7 Å². The second kappa shape index (κ2) is 6.64. The second-order valence-electron chi connectivity index (χ2n) is 6.57. The molecule has 0 spiro atoms. The van der Waals surface area contributed by atoms with Gasteiger partial charge in [-0.3, -0.25) is 9.59 Å². The molecule has 136 valence electrons. The molecule has 0 aliphatic heterocycles. The van der Waals surface area contributed by atoms with E-state index in [0.29, 0.717) is 6.42 Å². The number of H-pyrrole nitrogens is 2. The molecule has 0 bridgehead atoms. The summed E-state index contributed by atoms with van der Waals surface area (Å²) < 4.78 is 0. The zero-order valence-corrected chi connectivity index (χ0v) is 14.5. The lowest BCUT2D eigenvalue weighted by Gasteiger charge is -2.05. The number of aromatic amines is 2. The Morgan fingerprint density at radius 3 is 1.52 bits per heavy atom. The van der Waals surface area contributed by atoms with Crippen LogP contribution >= 0.6 is 0 Å². The molecule has 2 aromatic heterocycles. The van der Waals surface area contributed by atoms with Crippen LogP contribution in [-0.4, -0.2) is 32.1 Å². The van der Waals surface area contributed by atoms with Gasteiger partial charge in [0.05, 0.1) is 12.8 Å². The lowest BCUT2D eigenvalue weighted by molar-refractivity contribution is -0.137. The number of para-hydroxylation sites is 2. The Bertz CT molecular complexity index is 1080. The van der Waals surface area contributed by atoms with Crippen molar-refractivity contribution in [2.75, 3.05) is 0 Å². The summed E-state index contributed by atoms with van der Waals surface area (Å²) in [7, 11) is 0. The van der Waals surface area contributed by atoms with Crippen molar-refractivity contribution in [1.82, 2.24) is 9.97 Å². The van der Waals surface area contributed by atoms with E-state index < -0.39 is 11.9 Å². The molecule has 4 aromatic rings. The molecular formula is C21H18N2O4. The van der Waals surface area contributed by atoms with E-state index in [1.807, 2.05) is 48.5 Å². The first-order chi connectivity index (χ1) is 13.0. The predicted octanol–water partition coefficient (Wildman–Crippen LogP) is 3.49. The van der Waals surface area contributed by atoms with Crippen LogP contribution in [0.15, 0.2) is 48.5 Å². The number of hydrogen-bond donors (Lipinski definition) is 4. The third-order valence-electron chi connectivity index (χ3n) is 4.81. The van der Waals surface area contributed by atoms with Crippen molar-refractivity contribution in [2.24, 2.45) is 0 Å². The van der Waals surface area contributed by atoms with Gasteiger partial charge >= 0.3 is 11.9 Å². The average Bonchev–Trinajstić information content (AvgIpc) is 3.14. The maximum atomic E-state index is 11.4. The van der Waals surface area contributed by atoms with E-state index in [1.54, 1.807) is 0 Å². The average molecular weight is 362 g/mol. The molecule has 0 saturated carbocycles. The van der Waals surface area contributed by atoms with E-state index in [9.17, 15) is 19.8 Å². The fraction of sp³-hybridized carbons (Fsp3) is 0.143. The summed E-state index contributed by atoms with van der Waals surface area (Å²) in [5, 5.41) is 20.4. The first-order valence-electron chi connectivity index (χ1n) is 8.63. The van der Waals surface area contributed by atoms with Crippen LogP contribution < -0.4 is 0 Å². The van der Waals surface area contributed by atoms with Crippen molar-refractivity contribution in [3.8, 4) is 0 Å². The molecule has 6 nitrogen and oxygen atoms in total. The number of carbonyl (C=O) groups is 2. The molecule has 0 atom stereocenters. The summed E-state index contributed by atoms with van der Waals surface area (Å²) in [5.74, 6) is -1.80. The molecule has 0 radical (unpaired) electrons. The molecule has 0 unspecified atom stereocenters. The Morgan fingerprint density at radius 2 is 1.11 bits per heavy atom. The van der Waals surface area contributed by atoms with Crippen LogP contribution in [-0.2, 0) is 28.9 Å². The fourth-order valence-corrected chi connectivity index (χ4v) is 3.70. The number of carboxylic acids is 2. The summed E-state index contributed by atoms with van der Waals surface area (Å²) in [6, 6.07) is 15.2. The van der Waals surface area contributed by atoms with Gasteiger partial charge in [-0.15, -0.1) is 0 Å². The fourth-order valence-electron chi connectivity index (χ4n) is 3.70. The molecule has 4 N–H and O–H groups in total. The monoisotopic (exact) mass is 362 g/mol.